The zero-order valence-electron chi connectivity index (χ0n) is 8.40. The molecule has 14 heavy (non-hydrogen) atoms. The quantitative estimate of drug-likeness (QED) is 0.553. The van der Waals surface area contributed by atoms with Gasteiger partial charge in [0, 0.05) is 5.92 Å². The molecule has 78 valence electrons. The number of hydrogen-bond acceptors (Lipinski definition) is 2. The Kier molecular flexibility index (Phi) is 2.14. The maximum Gasteiger partial charge on any atom is 0.309 e. The molecule has 1 aliphatic heterocycles. The standard InChI is InChI=1S/C11H16O3/c1-3-4-7-9-8(14-9)5-6-11(7,2)10(12)13/h3,7-9H,1,4-6H2,2H3,(H,12,13). The number of aliphatic carboxylic acids is 1. The fourth-order valence-corrected chi connectivity index (χ4v) is 2.57. The molecule has 4 atom stereocenters. The molecule has 1 saturated carbocycles. The van der Waals surface area contributed by atoms with Crippen LogP contribution in [-0.4, -0.2) is 23.3 Å². The maximum absolute atomic E-state index is 11.2. The van der Waals surface area contributed by atoms with Crippen LogP contribution in [0.15, 0.2) is 12.7 Å². The predicted molar refractivity (Wildman–Crippen MR) is 51.9 cm³/mol. The van der Waals surface area contributed by atoms with Gasteiger partial charge in [0.15, 0.2) is 0 Å². The van der Waals surface area contributed by atoms with Gasteiger partial charge in [-0.2, -0.15) is 0 Å². The van der Waals surface area contributed by atoms with E-state index in [1.807, 2.05) is 6.92 Å². The first-order chi connectivity index (χ1) is 6.59. The third-order valence-electron chi connectivity index (χ3n) is 3.69. The van der Waals surface area contributed by atoms with Crippen molar-refractivity contribution in [1.82, 2.24) is 0 Å². The third kappa shape index (κ3) is 1.27. The molecule has 2 fully saturated rings. The second-order valence-electron chi connectivity index (χ2n) is 4.53. The van der Waals surface area contributed by atoms with Crippen molar-refractivity contribution in [1.29, 1.82) is 0 Å². The third-order valence-corrected chi connectivity index (χ3v) is 3.69. The molecule has 4 unspecified atom stereocenters. The molecular formula is C11H16O3. The van der Waals surface area contributed by atoms with E-state index in [9.17, 15) is 9.90 Å². The summed E-state index contributed by atoms with van der Waals surface area (Å²) in [7, 11) is 0. The van der Waals surface area contributed by atoms with Gasteiger partial charge in [-0.15, -0.1) is 6.58 Å². The lowest BCUT2D eigenvalue weighted by atomic mass is 9.66. The Hall–Kier alpha value is -0.830. The molecule has 0 amide bonds. The van der Waals surface area contributed by atoms with Crippen LogP contribution in [0.25, 0.3) is 0 Å². The highest BCUT2D eigenvalue weighted by atomic mass is 16.6. The smallest absolute Gasteiger partial charge is 0.309 e. The summed E-state index contributed by atoms with van der Waals surface area (Å²) in [5.41, 5.74) is -0.619. The van der Waals surface area contributed by atoms with Gasteiger partial charge in [-0.25, -0.2) is 0 Å². The Bertz CT molecular complexity index is 274. The Labute approximate surface area is 83.8 Å². The van der Waals surface area contributed by atoms with Crippen LogP contribution in [-0.2, 0) is 9.53 Å². The van der Waals surface area contributed by atoms with E-state index >= 15 is 0 Å². The van der Waals surface area contributed by atoms with Crippen molar-refractivity contribution in [2.24, 2.45) is 11.3 Å². The van der Waals surface area contributed by atoms with Crippen LogP contribution in [0, 0.1) is 11.3 Å². The van der Waals surface area contributed by atoms with Crippen molar-refractivity contribution in [3.8, 4) is 0 Å². The molecular weight excluding hydrogens is 180 g/mol. The number of carbonyl (C=O) groups is 1. The largest absolute Gasteiger partial charge is 0.481 e. The van der Waals surface area contributed by atoms with Gasteiger partial charge in [0.05, 0.1) is 17.6 Å². The number of carboxylic acids is 1. The zero-order valence-corrected chi connectivity index (χ0v) is 8.40. The number of fused-ring (bicyclic) bond motifs is 1. The van der Waals surface area contributed by atoms with Crippen molar-refractivity contribution >= 4 is 5.97 Å². The van der Waals surface area contributed by atoms with Crippen molar-refractivity contribution in [3.63, 3.8) is 0 Å². The first-order valence-electron chi connectivity index (χ1n) is 5.09. The first kappa shape index (κ1) is 9.71. The van der Waals surface area contributed by atoms with Crippen LogP contribution in [0.3, 0.4) is 0 Å². The molecule has 0 spiro atoms. The molecule has 1 N–H and O–H groups in total. The fraction of sp³-hybridized carbons (Fsp3) is 0.727. The zero-order chi connectivity index (χ0) is 10.3. The average molecular weight is 196 g/mol. The minimum Gasteiger partial charge on any atom is -0.481 e. The van der Waals surface area contributed by atoms with Gasteiger partial charge >= 0.3 is 5.97 Å². The van der Waals surface area contributed by atoms with Crippen LogP contribution >= 0.6 is 0 Å². The van der Waals surface area contributed by atoms with Crippen LogP contribution in [0.1, 0.15) is 26.2 Å². The van der Waals surface area contributed by atoms with E-state index < -0.39 is 11.4 Å². The Morgan fingerprint density at radius 2 is 2.50 bits per heavy atom. The van der Waals surface area contributed by atoms with E-state index in [1.54, 1.807) is 6.08 Å². The summed E-state index contributed by atoms with van der Waals surface area (Å²) in [6.07, 6.45) is 4.65. The van der Waals surface area contributed by atoms with E-state index in [1.165, 1.54) is 0 Å². The maximum atomic E-state index is 11.2. The van der Waals surface area contributed by atoms with Crippen molar-refractivity contribution < 1.29 is 14.6 Å². The van der Waals surface area contributed by atoms with Crippen molar-refractivity contribution in [3.05, 3.63) is 12.7 Å². The molecule has 3 heteroatoms. The summed E-state index contributed by atoms with van der Waals surface area (Å²) in [6.45, 7) is 5.52. The summed E-state index contributed by atoms with van der Waals surface area (Å²) in [4.78, 5) is 11.2. The second-order valence-corrected chi connectivity index (χ2v) is 4.53. The lowest BCUT2D eigenvalue weighted by Crippen LogP contribution is -2.42. The van der Waals surface area contributed by atoms with Gasteiger partial charge in [-0.1, -0.05) is 6.08 Å². The van der Waals surface area contributed by atoms with Crippen LogP contribution < -0.4 is 0 Å². The topological polar surface area (TPSA) is 49.8 Å². The van der Waals surface area contributed by atoms with Crippen LogP contribution in [0.5, 0.6) is 0 Å². The minimum absolute atomic E-state index is 0.108. The summed E-state index contributed by atoms with van der Waals surface area (Å²) in [5, 5.41) is 9.24. The number of rotatable bonds is 3. The number of ether oxygens (including phenoxy) is 1. The highest BCUT2D eigenvalue weighted by molar-refractivity contribution is 5.75. The monoisotopic (exact) mass is 196 g/mol. The Morgan fingerprint density at radius 3 is 3.07 bits per heavy atom. The van der Waals surface area contributed by atoms with Gasteiger partial charge in [-0.3, -0.25) is 4.79 Å². The minimum atomic E-state index is -0.696. The van der Waals surface area contributed by atoms with Crippen LogP contribution in [0.4, 0.5) is 0 Å². The Morgan fingerprint density at radius 1 is 1.79 bits per heavy atom. The van der Waals surface area contributed by atoms with Gasteiger partial charge < -0.3 is 9.84 Å². The number of carboxylic acid groups (broad SMARTS) is 1. The molecule has 2 aliphatic rings. The molecule has 1 saturated heterocycles. The SMILES string of the molecule is C=CCC1C2OC2CCC1(C)C(=O)O. The molecule has 0 bridgehead atoms. The highest BCUT2D eigenvalue weighted by Gasteiger charge is 2.58. The highest BCUT2D eigenvalue weighted by Crippen LogP contribution is 2.52. The van der Waals surface area contributed by atoms with Crippen molar-refractivity contribution in [2.45, 2.75) is 38.4 Å². The molecule has 0 aromatic heterocycles. The predicted octanol–water partition coefficient (Wildman–Crippen LogP) is 1.83. The molecule has 3 nitrogen and oxygen atoms in total. The molecule has 0 aromatic carbocycles. The molecule has 1 aliphatic carbocycles. The molecule has 0 aromatic rings. The van der Waals surface area contributed by atoms with Crippen molar-refractivity contribution in [2.75, 3.05) is 0 Å². The fourth-order valence-electron chi connectivity index (χ4n) is 2.57. The summed E-state index contributed by atoms with van der Waals surface area (Å²) in [6, 6.07) is 0. The summed E-state index contributed by atoms with van der Waals surface area (Å²) < 4.78 is 5.48. The summed E-state index contributed by atoms with van der Waals surface area (Å²) >= 11 is 0. The van der Waals surface area contributed by atoms with E-state index in [-0.39, 0.29) is 12.0 Å². The van der Waals surface area contributed by atoms with Gasteiger partial charge in [0.25, 0.3) is 0 Å². The molecule has 0 radical (unpaired) electrons. The van der Waals surface area contributed by atoms with Gasteiger partial charge in [0.2, 0.25) is 0 Å². The first-order valence-corrected chi connectivity index (χ1v) is 5.09. The number of allylic oxidation sites excluding steroid dienone is 1. The lowest BCUT2D eigenvalue weighted by molar-refractivity contribution is -0.153. The summed E-state index contributed by atoms with van der Waals surface area (Å²) in [5.74, 6) is -0.588. The number of hydrogen-bond donors (Lipinski definition) is 1. The van der Waals surface area contributed by atoms with E-state index in [4.69, 9.17) is 4.74 Å². The van der Waals surface area contributed by atoms with Crippen LogP contribution in [0.2, 0.25) is 0 Å². The normalized spacial score (nSPS) is 45.4. The van der Waals surface area contributed by atoms with Gasteiger partial charge in [0.1, 0.15) is 0 Å². The second kappa shape index (κ2) is 3.09. The Balaban J connectivity index is 2.20. The number of epoxide rings is 1. The van der Waals surface area contributed by atoms with E-state index in [2.05, 4.69) is 6.58 Å². The van der Waals surface area contributed by atoms with E-state index in [0.29, 0.717) is 6.10 Å². The van der Waals surface area contributed by atoms with Gasteiger partial charge in [-0.05, 0) is 26.2 Å². The average Bonchev–Trinajstić information content (AvgIpc) is 2.89. The lowest BCUT2D eigenvalue weighted by Gasteiger charge is -2.35. The molecule has 1 heterocycles. The van der Waals surface area contributed by atoms with E-state index in [0.717, 1.165) is 19.3 Å². The molecule has 2 rings (SSSR count).